The summed E-state index contributed by atoms with van der Waals surface area (Å²) >= 11 is 0. The first-order chi connectivity index (χ1) is 9.08. The third-order valence-corrected chi connectivity index (χ3v) is 2.49. The van der Waals surface area contributed by atoms with Crippen molar-refractivity contribution in [3.8, 4) is 0 Å². The summed E-state index contributed by atoms with van der Waals surface area (Å²) in [6.45, 7) is 2.85. The first-order valence-electron chi connectivity index (χ1n) is 5.98. The van der Waals surface area contributed by atoms with Crippen LogP contribution in [0.3, 0.4) is 0 Å². The fraction of sp³-hybridized carbons (Fsp3) is 0.500. The number of amides is 1. The molecular weight excluding hydrogens is 248 g/mol. The Morgan fingerprint density at radius 1 is 1.37 bits per heavy atom. The first kappa shape index (κ1) is 14.9. The second kappa shape index (κ2) is 7.30. The number of aromatic nitrogens is 2. The first-order valence-corrected chi connectivity index (χ1v) is 5.98. The molecule has 0 spiro atoms. The molecule has 1 aromatic rings. The zero-order valence-electron chi connectivity index (χ0n) is 11.3. The third kappa shape index (κ3) is 4.53. The molecule has 0 atom stereocenters. The molecule has 0 unspecified atom stereocenters. The van der Waals surface area contributed by atoms with Gasteiger partial charge in [0.1, 0.15) is 0 Å². The molecule has 1 heterocycles. The molecule has 0 aliphatic rings. The number of esters is 1. The summed E-state index contributed by atoms with van der Waals surface area (Å²) in [7, 11) is 3.14. The molecule has 104 valence electrons. The van der Waals surface area contributed by atoms with Gasteiger partial charge in [-0.05, 0) is 19.1 Å². The van der Waals surface area contributed by atoms with E-state index in [0.717, 1.165) is 0 Å². The van der Waals surface area contributed by atoms with Gasteiger partial charge in [-0.3, -0.25) is 9.59 Å². The second-order valence-electron chi connectivity index (χ2n) is 3.88. The van der Waals surface area contributed by atoms with E-state index in [0.29, 0.717) is 18.9 Å². The lowest BCUT2D eigenvalue weighted by molar-refractivity contribution is -0.140. The highest BCUT2D eigenvalue weighted by molar-refractivity contribution is 5.92. The van der Waals surface area contributed by atoms with E-state index >= 15 is 0 Å². The number of rotatable bonds is 6. The average molecular weight is 266 g/mol. The van der Waals surface area contributed by atoms with Crippen LogP contribution >= 0.6 is 0 Å². The van der Waals surface area contributed by atoms with Crippen molar-refractivity contribution in [2.24, 2.45) is 0 Å². The van der Waals surface area contributed by atoms with Gasteiger partial charge in [0.05, 0.1) is 13.5 Å². The molecule has 1 aromatic heterocycles. The van der Waals surface area contributed by atoms with Crippen LogP contribution in [0.15, 0.2) is 12.1 Å². The van der Waals surface area contributed by atoms with Crippen LogP contribution in [0.4, 0.5) is 5.82 Å². The fourth-order valence-corrected chi connectivity index (χ4v) is 1.38. The van der Waals surface area contributed by atoms with Crippen molar-refractivity contribution in [3.63, 3.8) is 0 Å². The SMILES string of the molecule is CCNC(=O)c1ccc(N(C)CCC(=O)OC)nn1. The predicted octanol–water partition coefficient (Wildman–Crippen LogP) is 0.226. The van der Waals surface area contributed by atoms with E-state index in [9.17, 15) is 9.59 Å². The average Bonchev–Trinajstić information content (AvgIpc) is 2.44. The number of hydrogen-bond acceptors (Lipinski definition) is 6. The number of carbonyl (C=O) groups is 2. The Hall–Kier alpha value is -2.18. The maximum absolute atomic E-state index is 11.5. The zero-order valence-corrected chi connectivity index (χ0v) is 11.3. The van der Waals surface area contributed by atoms with E-state index in [1.165, 1.54) is 7.11 Å². The van der Waals surface area contributed by atoms with Crippen LogP contribution in [0.25, 0.3) is 0 Å². The number of nitrogens with zero attached hydrogens (tertiary/aromatic N) is 3. The summed E-state index contributed by atoms with van der Waals surface area (Å²) in [6, 6.07) is 3.29. The summed E-state index contributed by atoms with van der Waals surface area (Å²) in [5, 5.41) is 10.4. The molecule has 0 saturated heterocycles. The van der Waals surface area contributed by atoms with Gasteiger partial charge >= 0.3 is 5.97 Å². The standard InChI is InChI=1S/C12H18N4O3/c1-4-13-12(18)9-5-6-10(15-14-9)16(2)8-7-11(17)19-3/h5-6H,4,7-8H2,1-3H3,(H,13,18). The summed E-state index contributed by atoms with van der Waals surface area (Å²) in [5.41, 5.74) is 0.270. The Labute approximate surface area is 112 Å². The highest BCUT2D eigenvalue weighted by Crippen LogP contribution is 2.08. The van der Waals surface area contributed by atoms with Crippen LogP contribution < -0.4 is 10.2 Å². The molecule has 0 aliphatic heterocycles. The molecule has 1 N–H and O–H groups in total. The van der Waals surface area contributed by atoms with Crippen molar-refractivity contribution in [2.45, 2.75) is 13.3 Å². The highest BCUT2D eigenvalue weighted by Gasteiger charge is 2.10. The van der Waals surface area contributed by atoms with Gasteiger partial charge in [0, 0.05) is 20.1 Å². The van der Waals surface area contributed by atoms with E-state index in [1.54, 1.807) is 24.1 Å². The van der Waals surface area contributed by atoms with Crippen LogP contribution in [0.5, 0.6) is 0 Å². The van der Waals surface area contributed by atoms with E-state index in [1.807, 2.05) is 6.92 Å². The summed E-state index contributed by atoms with van der Waals surface area (Å²) in [6.07, 6.45) is 0.271. The fourth-order valence-electron chi connectivity index (χ4n) is 1.38. The Bertz CT molecular complexity index is 433. The summed E-state index contributed by atoms with van der Waals surface area (Å²) in [4.78, 5) is 24.3. The number of anilines is 1. The Balaban J connectivity index is 2.60. The Morgan fingerprint density at radius 2 is 2.11 bits per heavy atom. The van der Waals surface area contributed by atoms with Gasteiger partial charge in [-0.2, -0.15) is 0 Å². The second-order valence-corrected chi connectivity index (χ2v) is 3.88. The van der Waals surface area contributed by atoms with E-state index in [4.69, 9.17) is 0 Å². The van der Waals surface area contributed by atoms with Gasteiger partial charge in [-0.1, -0.05) is 0 Å². The van der Waals surface area contributed by atoms with Crippen LogP contribution in [0.1, 0.15) is 23.8 Å². The van der Waals surface area contributed by atoms with Gasteiger partial charge in [0.15, 0.2) is 11.5 Å². The van der Waals surface area contributed by atoms with Crippen molar-refractivity contribution >= 4 is 17.7 Å². The van der Waals surface area contributed by atoms with Gasteiger partial charge in [0.25, 0.3) is 5.91 Å². The Morgan fingerprint density at radius 3 is 2.63 bits per heavy atom. The maximum Gasteiger partial charge on any atom is 0.307 e. The normalized spacial score (nSPS) is 9.84. The minimum Gasteiger partial charge on any atom is -0.469 e. The summed E-state index contributed by atoms with van der Waals surface area (Å²) in [5.74, 6) is 0.0643. The largest absolute Gasteiger partial charge is 0.469 e. The number of ether oxygens (including phenoxy) is 1. The highest BCUT2D eigenvalue weighted by atomic mass is 16.5. The van der Waals surface area contributed by atoms with Crippen molar-refractivity contribution in [1.82, 2.24) is 15.5 Å². The van der Waals surface area contributed by atoms with Crippen LogP contribution in [-0.4, -0.2) is 49.3 Å². The van der Waals surface area contributed by atoms with Gasteiger partial charge in [0.2, 0.25) is 0 Å². The number of hydrogen-bond donors (Lipinski definition) is 1. The molecule has 0 radical (unpaired) electrons. The molecule has 1 amide bonds. The smallest absolute Gasteiger partial charge is 0.307 e. The van der Waals surface area contributed by atoms with Crippen molar-refractivity contribution in [2.75, 3.05) is 32.1 Å². The topological polar surface area (TPSA) is 84.4 Å². The number of nitrogens with one attached hydrogen (secondary N) is 1. The van der Waals surface area contributed by atoms with Crippen molar-refractivity contribution in [1.29, 1.82) is 0 Å². The van der Waals surface area contributed by atoms with Gasteiger partial charge in [-0.15, -0.1) is 10.2 Å². The lowest BCUT2D eigenvalue weighted by Gasteiger charge is -2.16. The molecule has 0 aliphatic carbocycles. The van der Waals surface area contributed by atoms with E-state index < -0.39 is 0 Å². The third-order valence-electron chi connectivity index (χ3n) is 2.49. The zero-order chi connectivity index (χ0) is 14.3. The molecule has 0 fully saturated rings. The maximum atomic E-state index is 11.5. The molecule has 7 heteroatoms. The van der Waals surface area contributed by atoms with Crippen molar-refractivity contribution < 1.29 is 14.3 Å². The Kier molecular flexibility index (Phi) is 5.72. The summed E-state index contributed by atoms with van der Waals surface area (Å²) < 4.78 is 4.56. The monoisotopic (exact) mass is 266 g/mol. The molecule has 0 aromatic carbocycles. The molecule has 1 rings (SSSR count). The van der Waals surface area contributed by atoms with E-state index in [2.05, 4.69) is 20.3 Å². The molecular formula is C12H18N4O3. The molecule has 19 heavy (non-hydrogen) atoms. The minimum atomic E-state index is -0.279. The number of carbonyl (C=O) groups excluding carboxylic acids is 2. The van der Waals surface area contributed by atoms with Gasteiger partial charge in [-0.25, -0.2) is 0 Å². The van der Waals surface area contributed by atoms with Gasteiger partial charge < -0.3 is 15.0 Å². The van der Waals surface area contributed by atoms with E-state index in [-0.39, 0.29) is 24.0 Å². The lowest BCUT2D eigenvalue weighted by atomic mass is 10.3. The minimum absolute atomic E-state index is 0.251. The van der Waals surface area contributed by atoms with Crippen molar-refractivity contribution in [3.05, 3.63) is 17.8 Å². The van der Waals surface area contributed by atoms with Crippen LogP contribution in [0, 0.1) is 0 Å². The molecule has 0 bridgehead atoms. The molecule has 7 nitrogen and oxygen atoms in total. The quantitative estimate of drug-likeness (QED) is 0.742. The lowest BCUT2D eigenvalue weighted by Crippen LogP contribution is -2.26. The predicted molar refractivity (Wildman–Crippen MR) is 69.9 cm³/mol. The molecule has 0 saturated carbocycles. The van der Waals surface area contributed by atoms with Crippen LogP contribution in [0.2, 0.25) is 0 Å². The van der Waals surface area contributed by atoms with Crippen LogP contribution in [-0.2, 0) is 9.53 Å². The number of methoxy groups -OCH3 is 1.